The van der Waals surface area contributed by atoms with Crippen LogP contribution in [0.2, 0.25) is 0 Å². The molecular weight excluding hydrogens is 520 g/mol. The van der Waals surface area contributed by atoms with Gasteiger partial charge in [0.25, 0.3) is 0 Å². The monoisotopic (exact) mass is 549 g/mol. The lowest BCUT2D eigenvalue weighted by Gasteiger charge is -2.17. The maximum atomic E-state index is 13.8. The molecule has 0 aliphatic carbocycles. The second-order valence-electron chi connectivity index (χ2n) is 8.79. The third-order valence-electron chi connectivity index (χ3n) is 5.88. The van der Waals surface area contributed by atoms with Gasteiger partial charge < -0.3 is 25.0 Å². The molecule has 0 aliphatic heterocycles. The van der Waals surface area contributed by atoms with E-state index >= 15 is 0 Å². The summed E-state index contributed by atoms with van der Waals surface area (Å²) in [5.74, 6) is -0.793. The number of fused-ring (bicyclic) bond motifs is 1. The molecule has 0 aliphatic rings. The van der Waals surface area contributed by atoms with Crippen molar-refractivity contribution in [3.05, 3.63) is 60.1 Å². The molecule has 2 aromatic heterocycles. The van der Waals surface area contributed by atoms with Crippen molar-refractivity contribution in [1.82, 2.24) is 25.1 Å². The molecule has 208 valence electrons. The van der Waals surface area contributed by atoms with Gasteiger partial charge in [0.1, 0.15) is 12.1 Å². The summed E-state index contributed by atoms with van der Waals surface area (Å²) in [5, 5.41) is 13.0. The maximum Gasteiger partial charge on any atom is 0.230 e. The molecule has 40 heavy (non-hydrogen) atoms. The lowest BCUT2D eigenvalue weighted by molar-refractivity contribution is -0.115. The van der Waals surface area contributed by atoms with Crippen LogP contribution in [0, 0.1) is 24.1 Å². The first-order chi connectivity index (χ1) is 19.4. The molecule has 2 heterocycles. The summed E-state index contributed by atoms with van der Waals surface area (Å²) in [6, 6.07) is 11.4. The van der Waals surface area contributed by atoms with E-state index < -0.39 is 17.5 Å². The van der Waals surface area contributed by atoms with Gasteiger partial charge >= 0.3 is 0 Å². The summed E-state index contributed by atoms with van der Waals surface area (Å²) in [4.78, 5) is 22.9. The molecule has 12 heteroatoms. The number of methoxy groups -OCH3 is 1. The second kappa shape index (κ2) is 13.2. The van der Waals surface area contributed by atoms with Crippen molar-refractivity contribution in [3.8, 4) is 24.0 Å². The minimum absolute atomic E-state index is 0.138. The Labute approximate surface area is 230 Å². The van der Waals surface area contributed by atoms with E-state index in [-0.39, 0.29) is 12.1 Å². The van der Waals surface area contributed by atoms with Gasteiger partial charge in [0, 0.05) is 42.3 Å². The number of nitrogens with one attached hydrogen (secondary N) is 3. The van der Waals surface area contributed by atoms with Gasteiger partial charge in [-0.1, -0.05) is 19.4 Å². The van der Waals surface area contributed by atoms with E-state index in [1.54, 1.807) is 25.3 Å². The smallest absolute Gasteiger partial charge is 0.230 e. The number of benzene rings is 2. The predicted octanol–water partition coefficient (Wildman–Crippen LogP) is 4.64. The Balaban J connectivity index is 1.42. The van der Waals surface area contributed by atoms with Gasteiger partial charge in [0.2, 0.25) is 5.91 Å². The Kier molecular flexibility index (Phi) is 9.30. The lowest BCUT2D eigenvalue weighted by atomic mass is 10.2. The summed E-state index contributed by atoms with van der Waals surface area (Å²) in [6.07, 6.45) is 8.53. The van der Waals surface area contributed by atoms with Crippen LogP contribution in [-0.4, -0.2) is 57.8 Å². The second-order valence-corrected chi connectivity index (χ2v) is 8.79. The van der Waals surface area contributed by atoms with Crippen LogP contribution in [0.4, 0.5) is 26.1 Å². The molecule has 0 spiro atoms. The summed E-state index contributed by atoms with van der Waals surface area (Å²) in [6.45, 7) is 4.10. The van der Waals surface area contributed by atoms with Gasteiger partial charge in [0.05, 0.1) is 31.3 Å². The van der Waals surface area contributed by atoms with E-state index in [4.69, 9.17) is 15.9 Å². The number of amides is 1. The molecule has 0 radical (unpaired) electrons. The molecule has 2 aromatic carbocycles. The predicted molar refractivity (Wildman–Crippen MR) is 147 cm³/mol. The molecule has 0 saturated carbocycles. The standard InChI is InChI=1S/C28H29F2N7O3/c1-4-10-37(5-2)11-7-12-40-24-16-22-19(15-23(24)39-3)28(32-17-31-22)34-25-13-18(35-36-25)14-26(38)33-21-9-6-8-20(29)27(21)30/h2,6,8-9,13,15-17H,4,7,10-12,14H2,1,3H3,(H,33,38)(H2,31,32,34,35,36). The highest BCUT2D eigenvalue weighted by molar-refractivity contribution is 5.93. The minimum Gasteiger partial charge on any atom is -0.493 e. The van der Waals surface area contributed by atoms with Crippen LogP contribution in [0.1, 0.15) is 25.5 Å². The maximum absolute atomic E-state index is 13.8. The summed E-state index contributed by atoms with van der Waals surface area (Å²) in [7, 11) is 1.55. The average molecular weight is 550 g/mol. The number of carbonyl (C=O) groups excluding carboxylic acids is 1. The first-order valence-electron chi connectivity index (χ1n) is 12.6. The molecule has 0 fully saturated rings. The van der Waals surface area contributed by atoms with Crippen LogP contribution in [0.15, 0.2) is 42.7 Å². The molecule has 3 N–H and O–H groups in total. The number of rotatable bonds is 13. The van der Waals surface area contributed by atoms with Crippen LogP contribution in [0.25, 0.3) is 10.9 Å². The number of carbonyl (C=O) groups is 1. The van der Waals surface area contributed by atoms with Crippen molar-refractivity contribution in [2.45, 2.75) is 26.2 Å². The highest BCUT2D eigenvalue weighted by atomic mass is 19.2. The molecule has 4 aromatic rings. The zero-order valence-corrected chi connectivity index (χ0v) is 22.1. The van der Waals surface area contributed by atoms with Gasteiger partial charge in [-0.2, -0.15) is 5.10 Å². The fourth-order valence-corrected chi connectivity index (χ4v) is 3.99. The first kappa shape index (κ1) is 28.1. The normalized spacial score (nSPS) is 10.7. The molecule has 0 saturated heterocycles. The molecule has 1 amide bonds. The van der Waals surface area contributed by atoms with Crippen molar-refractivity contribution in [3.63, 3.8) is 0 Å². The zero-order valence-electron chi connectivity index (χ0n) is 22.1. The number of anilines is 3. The fraction of sp³-hybridized carbons (Fsp3) is 0.286. The van der Waals surface area contributed by atoms with E-state index in [1.165, 1.54) is 18.5 Å². The quantitative estimate of drug-likeness (QED) is 0.126. The molecule has 0 atom stereocenters. The van der Waals surface area contributed by atoms with Crippen molar-refractivity contribution in [2.24, 2.45) is 0 Å². The summed E-state index contributed by atoms with van der Waals surface area (Å²) >= 11 is 0. The molecule has 0 unspecified atom stereocenters. The van der Waals surface area contributed by atoms with E-state index in [0.717, 1.165) is 32.0 Å². The number of terminal acetylenes is 1. The molecule has 0 bridgehead atoms. The van der Waals surface area contributed by atoms with E-state index in [9.17, 15) is 13.6 Å². The number of H-pyrrole nitrogens is 1. The topological polar surface area (TPSA) is 117 Å². The number of aromatic nitrogens is 4. The first-order valence-corrected chi connectivity index (χ1v) is 12.6. The van der Waals surface area contributed by atoms with Crippen LogP contribution in [0.5, 0.6) is 11.5 Å². The average Bonchev–Trinajstić information content (AvgIpc) is 3.39. The van der Waals surface area contributed by atoms with Gasteiger partial charge in [-0.3, -0.25) is 9.89 Å². The van der Waals surface area contributed by atoms with Crippen LogP contribution >= 0.6 is 0 Å². The summed E-state index contributed by atoms with van der Waals surface area (Å²) < 4.78 is 38.7. The molecule has 4 rings (SSSR count). The highest BCUT2D eigenvalue weighted by Crippen LogP contribution is 2.34. The van der Waals surface area contributed by atoms with Gasteiger partial charge in [-0.15, -0.1) is 0 Å². The Morgan fingerprint density at radius 2 is 2.02 bits per heavy atom. The Hall–Kier alpha value is -4.92. The van der Waals surface area contributed by atoms with E-state index in [0.29, 0.717) is 46.3 Å². The largest absolute Gasteiger partial charge is 0.493 e. The van der Waals surface area contributed by atoms with Gasteiger partial charge in [0.15, 0.2) is 29.0 Å². The van der Waals surface area contributed by atoms with Crippen LogP contribution in [0.3, 0.4) is 0 Å². The van der Waals surface area contributed by atoms with Gasteiger partial charge in [-0.05, 0) is 31.0 Å². The molecular formula is C28H29F2N7O3. The number of hydrogen-bond acceptors (Lipinski definition) is 8. The third kappa shape index (κ3) is 6.93. The number of ether oxygens (including phenoxy) is 2. The lowest BCUT2D eigenvalue weighted by Crippen LogP contribution is -2.21. The minimum atomic E-state index is -1.12. The number of aromatic amines is 1. The Bertz CT molecular complexity index is 1520. The summed E-state index contributed by atoms with van der Waals surface area (Å²) in [5.41, 5.74) is 0.834. The van der Waals surface area contributed by atoms with Crippen molar-refractivity contribution >= 4 is 34.1 Å². The number of halogens is 2. The Morgan fingerprint density at radius 1 is 1.18 bits per heavy atom. The third-order valence-corrected chi connectivity index (χ3v) is 5.88. The van der Waals surface area contributed by atoms with Crippen LogP contribution < -0.4 is 20.1 Å². The van der Waals surface area contributed by atoms with E-state index in [1.807, 2.05) is 4.90 Å². The zero-order chi connectivity index (χ0) is 28.5. The SMILES string of the molecule is C#CN(CCC)CCCOc1cc2ncnc(Nc3cc(CC(=O)Nc4cccc(F)c4F)[nH]n3)c2cc1OC. The van der Waals surface area contributed by atoms with Crippen molar-refractivity contribution in [1.29, 1.82) is 0 Å². The van der Waals surface area contributed by atoms with Crippen LogP contribution in [-0.2, 0) is 11.2 Å². The number of nitrogens with zero attached hydrogens (tertiary/aromatic N) is 4. The molecule has 10 nitrogen and oxygen atoms in total. The van der Waals surface area contributed by atoms with E-state index in [2.05, 4.69) is 43.8 Å². The Morgan fingerprint density at radius 3 is 2.80 bits per heavy atom. The fourth-order valence-electron chi connectivity index (χ4n) is 3.99. The highest BCUT2D eigenvalue weighted by Gasteiger charge is 2.15. The van der Waals surface area contributed by atoms with Crippen molar-refractivity contribution < 1.29 is 23.0 Å². The van der Waals surface area contributed by atoms with Crippen molar-refractivity contribution in [2.75, 3.05) is 37.4 Å². The number of hydrogen-bond donors (Lipinski definition) is 3. The van der Waals surface area contributed by atoms with Gasteiger partial charge in [-0.25, -0.2) is 18.7 Å².